The summed E-state index contributed by atoms with van der Waals surface area (Å²) < 4.78 is 11.1. The highest BCUT2D eigenvalue weighted by molar-refractivity contribution is 5.69. The maximum atomic E-state index is 12.2. The second kappa shape index (κ2) is 41.3. The fourth-order valence-corrected chi connectivity index (χ4v) is 5.55. The van der Waals surface area contributed by atoms with E-state index in [0.717, 1.165) is 64.2 Å². The average molecular weight is 671 g/mol. The third-order valence-corrected chi connectivity index (χ3v) is 8.58. The van der Waals surface area contributed by atoms with Gasteiger partial charge in [-0.15, -0.1) is 0 Å². The van der Waals surface area contributed by atoms with E-state index in [1.54, 1.807) is 0 Å². The molecule has 0 bridgehead atoms. The molecule has 0 aliphatic heterocycles. The first-order chi connectivity index (χ1) is 23.7. The van der Waals surface area contributed by atoms with Crippen LogP contribution < -0.4 is 0 Å². The van der Waals surface area contributed by atoms with E-state index in [9.17, 15) is 9.90 Å². The monoisotopic (exact) mass is 671 g/mol. The van der Waals surface area contributed by atoms with Gasteiger partial charge in [-0.05, 0) is 77.0 Å². The van der Waals surface area contributed by atoms with Crippen molar-refractivity contribution in [2.24, 2.45) is 0 Å². The van der Waals surface area contributed by atoms with Crippen molar-refractivity contribution in [1.29, 1.82) is 0 Å². The van der Waals surface area contributed by atoms with E-state index in [1.807, 2.05) is 0 Å². The van der Waals surface area contributed by atoms with Gasteiger partial charge >= 0.3 is 5.97 Å². The number of esters is 1. The molecule has 0 radical (unpaired) electrons. The molecule has 1 unspecified atom stereocenters. The number of rotatable bonds is 37. The number of aliphatic hydroxyl groups excluding tert-OH is 1. The fraction of sp³-hybridized carbons (Fsp3) is 0.750. The van der Waals surface area contributed by atoms with Gasteiger partial charge in [-0.3, -0.25) is 4.79 Å². The van der Waals surface area contributed by atoms with Crippen LogP contribution in [0.4, 0.5) is 0 Å². The van der Waals surface area contributed by atoms with Crippen molar-refractivity contribution >= 4 is 5.97 Å². The number of hydrogen-bond acceptors (Lipinski definition) is 4. The lowest BCUT2D eigenvalue weighted by atomic mass is 10.1. The van der Waals surface area contributed by atoms with Crippen molar-refractivity contribution in [2.75, 3.05) is 19.8 Å². The highest BCUT2D eigenvalue weighted by Gasteiger charge is 2.13. The minimum absolute atomic E-state index is 0.185. The molecule has 0 heterocycles. The Morgan fingerprint density at radius 2 is 0.938 bits per heavy atom. The summed E-state index contributed by atoms with van der Waals surface area (Å²) in [6.07, 6.45) is 54.1. The normalized spacial score (nSPS) is 13.0. The van der Waals surface area contributed by atoms with Crippen molar-refractivity contribution in [3.8, 4) is 0 Å². The van der Waals surface area contributed by atoms with Crippen LogP contribution in [0.25, 0.3) is 0 Å². The van der Waals surface area contributed by atoms with Crippen LogP contribution >= 0.6 is 0 Å². The van der Waals surface area contributed by atoms with E-state index in [1.165, 1.54) is 103 Å². The molecule has 0 saturated carbocycles. The molecule has 1 N–H and O–H groups in total. The van der Waals surface area contributed by atoms with Crippen LogP contribution in [0.1, 0.15) is 187 Å². The molecular formula is C44H78O4. The molecule has 0 aromatic heterocycles. The van der Waals surface area contributed by atoms with E-state index in [0.29, 0.717) is 13.0 Å². The first-order valence-electron chi connectivity index (χ1n) is 20.4. The molecule has 0 rings (SSSR count). The second-order valence-corrected chi connectivity index (χ2v) is 13.3. The smallest absolute Gasteiger partial charge is 0.306 e. The number of aliphatic hydroxyl groups is 1. The lowest BCUT2D eigenvalue weighted by Gasteiger charge is -2.15. The maximum Gasteiger partial charge on any atom is 0.306 e. The van der Waals surface area contributed by atoms with Crippen LogP contribution in [-0.4, -0.2) is 37.0 Å². The van der Waals surface area contributed by atoms with Gasteiger partial charge in [0.25, 0.3) is 0 Å². The Labute approximate surface area is 298 Å². The van der Waals surface area contributed by atoms with Gasteiger partial charge in [0.05, 0.1) is 13.2 Å². The van der Waals surface area contributed by atoms with Gasteiger partial charge in [0, 0.05) is 13.0 Å². The molecule has 1 atom stereocenters. The Morgan fingerprint density at radius 3 is 1.44 bits per heavy atom. The Bertz CT molecular complexity index is 794. The molecule has 0 aliphatic carbocycles. The number of ether oxygens (including phenoxy) is 2. The standard InChI is InChI=1S/C44H78O4/c1-3-5-7-9-11-13-15-17-19-21-22-24-26-28-30-32-34-36-38-40-47-42-43(41-45)48-44(46)39-37-35-33-31-29-27-25-23-20-18-16-14-12-10-8-6-4-2/h6,8,12,14,18-21,25,27,43,45H,3-5,7,9-11,13,15-17,22-24,26,28-42H2,1-2H3/b8-6-,14-12-,20-18-,21-19-,27-25-. The van der Waals surface area contributed by atoms with Gasteiger partial charge in [0.1, 0.15) is 6.10 Å². The van der Waals surface area contributed by atoms with Crippen LogP contribution in [0.2, 0.25) is 0 Å². The Balaban J connectivity index is 3.49. The summed E-state index contributed by atoms with van der Waals surface area (Å²) in [6.45, 7) is 5.20. The quantitative estimate of drug-likeness (QED) is 0.0406. The van der Waals surface area contributed by atoms with Gasteiger partial charge in [0.15, 0.2) is 0 Å². The van der Waals surface area contributed by atoms with E-state index in [2.05, 4.69) is 74.6 Å². The topological polar surface area (TPSA) is 55.8 Å². The summed E-state index contributed by atoms with van der Waals surface area (Å²) in [4.78, 5) is 12.2. The molecule has 4 heteroatoms. The minimum Gasteiger partial charge on any atom is -0.457 e. The van der Waals surface area contributed by atoms with E-state index < -0.39 is 6.10 Å². The summed E-state index contributed by atoms with van der Waals surface area (Å²) in [6, 6.07) is 0. The zero-order valence-corrected chi connectivity index (χ0v) is 31.7. The first-order valence-corrected chi connectivity index (χ1v) is 20.4. The summed E-state index contributed by atoms with van der Waals surface area (Å²) in [5.74, 6) is -0.226. The van der Waals surface area contributed by atoms with E-state index in [4.69, 9.17) is 9.47 Å². The number of allylic oxidation sites excluding steroid dienone is 10. The highest BCUT2D eigenvalue weighted by atomic mass is 16.6. The van der Waals surface area contributed by atoms with Crippen LogP contribution in [-0.2, 0) is 14.3 Å². The largest absolute Gasteiger partial charge is 0.457 e. The second-order valence-electron chi connectivity index (χ2n) is 13.3. The number of unbranched alkanes of at least 4 members (excludes halogenated alkanes) is 19. The van der Waals surface area contributed by atoms with Crippen molar-refractivity contribution < 1.29 is 19.4 Å². The molecule has 0 fully saturated rings. The summed E-state index contributed by atoms with van der Waals surface area (Å²) in [5, 5.41) is 9.58. The molecule has 0 aromatic rings. The highest BCUT2D eigenvalue weighted by Crippen LogP contribution is 2.12. The van der Waals surface area contributed by atoms with Gasteiger partial charge in [0.2, 0.25) is 0 Å². The van der Waals surface area contributed by atoms with Crippen LogP contribution in [0.3, 0.4) is 0 Å². The number of carbonyl (C=O) groups is 1. The molecule has 48 heavy (non-hydrogen) atoms. The Hall–Kier alpha value is -1.91. The predicted molar refractivity (Wildman–Crippen MR) is 209 cm³/mol. The van der Waals surface area contributed by atoms with Crippen molar-refractivity contribution in [3.63, 3.8) is 0 Å². The van der Waals surface area contributed by atoms with E-state index in [-0.39, 0.29) is 19.2 Å². The molecule has 0 saturated heterocycles. The third kappa shape index (κ3) is 38.5. The van der Waals surface area contributed by atoms with Crippen molar-refractivity contribution in [2.45, 2.75) is 193 Å². The Kier molecular flexibility index (Phi) is 39.6. The van der Waals surface area contributed by atoms with Gasteiger partial charge in [-0.1, -0.05) is 164 Å². The molecular weight excluding hydrogens is 592 g/mol. The minimum atomic E-state index is -0.550. The summed E-state index contributed by atoms with van der Waals surface area (Å²) in [5.41, 5.74) is 0. The van der Waals surface area contributed by atoms with Gasteiger partial charge in [-0.25, -0.2) is 0 Å². The molecule has 0 spiro atoms. The summed E-state index contributed by atoms with van der Waals surface area (Å²) >= 11 is 0. The molecule has 0 amide bonds. The van der Waals surface area contributed by atoms with Gasteiger partial charge < -0.3 is 14.6 Å². The molecule has 278 valence electrons. The van der Waals surface area contributed by atoms with Crippen molar-refractivity contribution in [3.05, 3.63) is 60.8 Å². The van der Waals surface area contributed by atoms with Gasteiger partial charge in [-0.2, -0.15) is 0 Å². The zero-order valence-electron chi connectivity index (χ0n) is 31.7. The maximum absolute atomic E-state index is 12.2. The lowest BCUT2D eigenvalue weighted by Crippen LogP contribution is -2.27. The average Bonchev–Trinajstić information content (AvgIpc) is 3.09. The fourth-order valence-electron chi connectivity index (χ4n) is 5.55. The predicted octanol–water partition coefficient (Wildman–Crippen LogP) is 13.3. The van der Waals surface area contributed by atoms with Crippen LogP contribution in [0.5, 0.6) is 0 Å². The zero-order chi connectivity index (χ0) is 34.9. The number of hydrogen-bond donors (Lipinski definition) is 1. The lowest BCUT2D eigenvalue weighted by molar-refractivity contribution is -0.154. The van der Waals surface area contributed by atoms with E-state index >= 15 is 0 Å². The summed E-state index contributed by atoms with van der Waals surface area (Å²) in [7, 11) is 0. The third-order valence-electron chi connectivity index (χ3n) is 8.58. The number of carbonyl (C=O) groups excluding carboxylic acids is 1. The van der Waals surface area contributed by atoms with Crippen molar-refractivity contribution in [1.82, 2.24) is 0 Å². The Morgan fingerprint density at radius 1 is 0.521 bits per heavy atom. The van der Waals surface area contributed by atoms with Crippen LogP contribution in [0.15, 0.2) is 60.8 Å². The molecule has 0 aliphatic rings. The first kappa shape index (κ1) is 46.1. The van der Waals surface area contributed by atoms with Crippen LogP contribution in [0, 0.1) is 0 Å². The SMILES string of the molecule is CC/C=C\C/C=C\C/C=C\C/C=C\CCCCCCC(=O)OC(CO)COCCCCCCCCCC/C=C\CCCCCCCCC. The molecule has 4 nitrogen and oxygen atoms in total. The molecule has 0 aromatic carbocycles.